The molecule has 1 amide bonds. The van der Waals surface area contributed by atoms with Crippen LogP contribution in [0.15, 0.2) is 27.5 Å². The van der Waals surface area contributed by atoms with Gasteiger partial charge < -0.3 is 5.32 Å². The number of carbonyl (C=O) groups excluding carboxylic acids is 1. The van der Waals surface area contributed by atoms with Crippen LogP contribution in [0.4, 0.5) is 0 Å². The number of aryl methyl sites for hydroxylation is 2. The molecule has 0 saturated heterocycles. The third-order valence-electron chi connectivity index (χ3n) is 2.68. The Morgan fingerprint density at radius 1 is 1.35 bits per heavy atom. The second kappa shape index (κ2) is 7.03. The highest BCUT2D eigenvalue weighted by atomic mass is 79.9. The highest BCUT2D eigenvalue weighted by Crippen LogP contribution is 2.12. The number of amides is 1. The van der Waals surface area contributed by atoms with E-state index in [1.54, 1.807) is 17.1 Å². The van der Waals surface area contributed by atoms with Crippen LogP contribution in [0.1, 0.15) is 12.1 Å². The highest BCUT2D eigenvalue weighted by Gasteiger charge is 2.06. The van der Waals surface area contributed by atoms with E-state index in [4.69, 9.17) is 0 Å². The van der Waals surface area contributed by atoms with E-state index >= 15 is 0 Å². The fourth-order valence-corrected chi connectivity index (χ4v) is 2.35. The lowest BCUT2D eigenvalue weighted by Crippen LogP contribution is -2.29. The number of rotatable bonds is 6. The molecule has 8 heteroatoms. The number of carbonyl (C=O) groups is 1. The molecule has 0 saturated carbocycles. The summed E-state index contributed by atoms with van der Waals surface area (Å²) in [6.07, 6.45) is 6.29. The molecule has 20 heavy (non-hydrogen) atoms. The first-order valence-corrected chi connectivity index (χ1v) is 7.77. The van der Waals surface area contributed by atoms with Crippen LogP contribution in [0.3, 0.4) is 0 Å². The fraction of sp³-hybridized carbons (Fsp3) is 0.417. The Balaban J connectivity index is 1.67. The molecular formula is C12H15Br2N5O. The molecule has 2 aromatic heterocycles. The van der Waals surface area contributed by atoms with Crippen molar-refractivity contribution in [1.29, 1.82) is 0 Å². The maximum atomic E-state index is 11.7. The molecule has 6 nitrogen and oxygen atoms in total. The van der Waals surface area contributed by atoms with E-state index in [0.29, 0.717) is 6.54 Å². The molecule has 0 atom stereocenters. The smallest absolute Gasteiger partial charge is 0.241 e. The van der Waals surface area contributed by atoms with Gasteiger partial charge in [-0.05, 0) is 45.2 Å². The number of nitrogens with zero attached hydrogens (tertiary/aromatic N) is 4. The molecule has 0 aliphatic carbocycles. The fourth-order valence-electron chi connectivity index (χ4n) is 1.71. The van der Waals surface area contributed by atoms with Crippen LogP contribution in [0, 0.1) is 6.92 Å². The Labute approximate surface area is 133 Å². The minimum absolute atomic E-state index is 0.0401. The van der Waals surface area contributed by atoms with Gasteiger partial charge in [-0.2, -0.15) is 10.2 Å². The molecule has 1 N–H and O–H groups in total. The van der Waals surface area contributed by atoms with Crippen molar-refractivity contribution >= 4 is 37.8 Å². The minimum atomic E-state index is -0.0401. The second-order valence-electron chi connectivity index (χ2n) is 4.39. The molecule has 0 aliphatic heterocycles. The SMILES string of the molecule is Cc1nn(CC(=O)NCCCn2cc(Br)cn2)cc1Br. The zero-order chi connectivity index (χ0) is 14.5. The summed E-state index contributed by atoms with van der Waals surface area (Å²) in [7, 11) is 0. The van der Waals surface area contributed by atoms with Crippen molar-refractivity contribution in [3.8, 4) is 0 Å². The van der Waals surface area contributed by atoms with Gasteiger partial charge in [0.25, 0.3) is 0 Å². The minimum Gasteiger partial charge on any atom is -0.354 e. The Bertz CT molecular complexity index is 573. The number of hydrogen-bond acceptors (Lipinski definition) is 3. The number of hydrogen-bond donors (Lipinski definition) is 1. The van der Waals surface area contributed by atoms with E-state index in [9.17, 15) is 4.79 Å². The summed E-state index contributed by atoms with van der Waals surface area (Å²) in [5.41, 5.74) is 0.877. The Hall–Kier alpha value is -1.15. The van der Waals surface area contributed by atoms with Crippen LogP contribution in [-0.2, 0) is 17.9 Å². The van der Waals surface area contributed by atoms with Crippen molar-refractivity contribution in [2.24, 2.45) is 0 Å². The molecule has 0 aromatic carbocycles. The van der Waals surface area contributed by atoms with Crippen molar-refractivity contribution in [2.45, 2.75) is 26.4 Å². The van der Waals surface area contributed by atoms with Crippen LogP contribution in [-0.4, -0.2) is 32.0 Å². The van der Waals surface area contributed by atoms with E-state index < -0.39 is 0 Å². The molecule has 0 bridgehead atoms. The van der Waals surface area contributed by atoms with Crippen LogP contribution in [0.5, 0.6) is 0 Å². The van der Waals surface area contributed by atoms with Crippen LogP contribution in [0.2, 0.25) is 0 Å². The lowest BCUT2D eigenvalue weighted by molar-refractivity contribution is -0.121. The van der Waals surface area contributed by atoms with E-state index in [2.05, 4.69) is 47.4 Å². The molecule has 2 rings (SSSR count). The van der Waals surface area contributed by atoms with Gasteiger partial charge in [-0.15, -0.1) is 0 Å². The molecule has 0 unspecified atom stereocenters. The normalized spacial score (nSPS) is 10.8. The Morgan fingerprint density at radius 3 is 2.75 bits per heavy atom. The van der Waals surface area contributed by atoms with Gasteiger partial charge in [0.05, 0.1) is 20.8 Å². The molecule has 0 spiro atoms. The van der Waals surface area contributed by atoms with Gasteiger partial charge in [0.15, 0.2) is 0 Å². The van der Waals surface area contributed by atoms with Crippen molar-refractivity contribution in [3.05, 3.63) is 33.2 Å². The van der Waals surface area contributed by atoms with Gasteiger partial charge >= 0.3 is 0 Å². The van der Waals surface area contributed by atoms with E-state index in [1.807, 2.05) is 17.8 Å². The third-order valence-corrected chi connectivity index (χ3v) is 3.87. The van der Waals surface area contributed by atoms with Gasteiger partial charge in [-0.25, -0.2) is 0 Å². The average molecular weight is 405 g/mol. The predicted octanol–water partition coefficient (Wildman–Crippen LogP) is 2.12. The zero-order valence-electron chi connectivity index (χ0n) is 11.0. The molecule has 108 valence electrons. The van der Waals surface area contributed by atoms with Gasteiger partial charge in [-0.3, -0.25) is 14.2 Å². The molecule has 0 fully saturated rings. The summed E-state index contributed by atoms with van der Waals surface area (Å²) in [5.74, 6) is -0.0401. The van der Waals surface area contributed by atoms with Crippen molar-refractivity contribution < 1.29 is 4.79 Å². The first-order chi connectivity index (χ1) is 9.54. The Kier molecular flexibility index (Phi) is 5.36. The number of halogens is 2. The van der Waals surface area contributed by atoms with Crippen molar-refractivity contribution in [1.82, 2.24) is 24.9 Å². The third kappa shape index (κ3) is 4.45. The summed E-state index contributed by atoms with van der Waals surface area (Å²) in [6, 6.07) is 0. The van der Waals surface area contributed by atoms with Crippen molar-refractivity contribution in [2.75, 3.05) is 6.54 Å². The summed E-state index contributed by atoms with van der Waals surface area (Å²) >= 11 is 6.71. The zero-order valence-corrected chi connectivity index (χ0v) is 14.2. The number of nitrogens with one attached hydrogen (secondary N) is 1. The average Bonchev–Trinajstić information content (AvgIpc) is 2.92. The van der Waals surface area contributed by atoms with Gasteiger partial charge in [0.2, 0.25) is 5.91 Å². The predicted molar refractivity (Wildman–Crippen MR) is 82.2 cm³/mol. The number of aromatic nitrogens is 4. The summed E-state index contributed by atoms with van der Waals surface area (Å²) < 4.78 is 5.33. The summed E-state index contributed by atoms with van der Waals surface area (Å²) in [6.45, 7) is 3.52. The lowest BCUT2D eigenvalue weighted by Gasteiger charge is -2.05. The Morgan fingerprint density at radius 2 is 2.15 bits per heavy atom. The van der Waals surface area contributed by atoms with Crippen molar-refractivity contribution in [3.63, 3.8) is 0 Å². The maximum absolute atomic E-state index is 11.7. The van der Waals surface area contributed by atoms with Gasteiger partial charge in [0.1, 0.15) is 6.54 Å². The standard InChI is InChI=1S/C12H15Br2N5O/c1-9-11(14)7-19(17-9)8-12(20)15-3-2-4-18-6-10(13)5-16-18/h5-7H,2-4,8H2,1H3,(H,15,20). The first kappa shape index (κ1) is 15.2. The van der Waals surface area contributed by atoms with E-state index in [-0.39, 0.29) is 12.5 Å². The second-order valence-corrected chi connectivity index (χ2v) is 6.16. The monoisotopic (exact) mass is 403 g/mol. The molecule has 2 heterocycles. The molecular weight excluding hydrogens is 390 g/mol. The first-order valence-electron chi connectivity index (χ1n) is 6.19. The molecule has 0 radical (unpaired) electrons. The summed E-state index contributed by atoms with van der Waals surface area (Å²) in [4.78, 5) is 11.7. The van der Waals surface area contributed by atoms with Crippen LogP contribution >= 0.6 is 31.9 Å². The van der Waals surface area contributed by atoms with Crippen LogP contribution < -0.4 is 5.32 Å². The largest absolute Gasteiger partial charge is 0.354 e. The van der Waals surface area contributed by atoms with Crippen LogP contribution in [0.25, 0.3) is 0 Å². The molecule has 0 aliphatic rings. The van der Waals surface area contributed by atoms with Gasteiger partial charge in [0, 0.05) is 25.5 Å². The van der Waals surface area contributed by atoms with Gasteiger partial charge in [-0.1, -0.05) is 0 Å². The highest BCUT2D eigenvalue weighted by molar-refractivity contribution is 9.10. The lowest BCUT2D eigenvalue weighted by atomic mass is 10.4. The van der Waals surface area contributed by atoms with E-state index in [0.717, 1.165) is 27.6 Å². The topological polar surface area (TPSA) is 64.7 Å². The maximum Gasteiger partial charge on any atom is 0.241 e. The quantitative estimate of drug-likeness (QED) is 0.750. The van der Waals surface area contributed by atoms with E-state index in [1.165, 1.54) is 0 Å². The molecule has 2 aromatic rings. The summed E-state index contributed by atoms with van der Waals surface area (Å²) in [5, 5.41) is 11.2.